The molecule has 44 heavy (non-hydrogen) atoms. The molecule has 4 rings (SSSR count). The molecule has 2 aromatic rings. The van der Waals surface area contributed by atoms with Crippen LogP contribution in [0.5, 0.6) is 11.5 Å². The van der Waals surface area contributed by atoms with Crippen molar-refractivity contribution in [3.8, 4) is 11.5 Å². The molecule has 2 aliphatic rings. The van der Waals surface area contributed by atoms with Gasteiger partial charge < -0.3 is 14.4 Å². The number of carbonyl (C=O) groups is 1. The second kappa shape index (κ2) is 14.7. The van der Waals surface area contributed by atoms with E-state index in [4.69, 9.17) is 9.47 Å². The number of ether oxygens (including phenoxy) is 2. The van der Waals surface area contributed by atoms with Crippen LogP contribution in [0.25, 0.3) is 6.08 Å². The lowest BCUT2D eigenvalue weighted by atomic mass is 10.0. The van der Waals surface area contributed by atoms with Crippen molar-refractivity contribution in [3.63, 3.8) is 0 Å². The van der Waals surface area contributed by atoms with Crippen molar-refractivity contribution < 1.29 is 40.6 Å². The standard InChI is InChI=1S/C31H35F6N3O3S/c1-3-4-5-6-7-12-39-13-15-40(16-14-39)29-38-28(41)27(44-29)18-21-8-11-25(26(17-21)42-2)43-20-22-9-10-23(30(32,33)34)19-24(22)31(35,36)37/h8-11,17-19H,3-7,12-16,20H2,1-2H3. The predicted molar refractivity (Wildman–Crippen MR) is 159 cm³/mol. The van der Waals surface area contributed by atoms with Gasteiger partial charge in [0.05, 0.1) is 23.1 Å². The Labute approximate surface area is 257 Å². The number of carbonyl (C=O) groups excluding carboxylic acids is 1. The number of amides is 1. The molecule has 0 N–H and O–H groups in total. The van der Waals surface area contributed by atoms with Crippen molar-refractivity contribution in [2.75, 3.05) is 39.8 Å². The number of benzene rings is 2. The maximum Gasteiger partial charge on any atom is 0.416 e. The third-order valence-corrected chi connectivity index (χ3v) is 8.49. The zero-order valence-corrected chi connectivity index (χ0v) is 25.4. The van der Waals surface area contributed by atoms with E-state index in [1.165, 1.54) is 57.0 Å². The summed E-state index contributed by atoms with van der Waals surface area (Å²) in [7, 11) is 1.35. The average Bonchev–Trinajstić information content (AvgIpc) is 3.35. The molecular weight excluding hydrogens is 608 g/mol. The number of halogens is 6. The summed E-state index contributed by atoms with van der Waals surface area (Å²) in [6.07, 6.45) is -2.06. The minimum absolute atomic E-state index is 0.0767. The highest BCUT2D eigenvalue weighted by Gasteiger charge is 2.38. The van der Waals surface area contributed by atoms with E-state index >= 15 is 0 Å². The van der Waals surface area contributed by atoms with Crippen LogP contribution in [0.15, 0.2) is 46.3 Å². The van der Waals surface area contributed by atoms with Crippen LogP contribution in [-0.4, -0.2) is 60.7 Å². The molecule has 0 saturated carbocycles. The van der Waals surface area contributed by atoms with Gasteiger partial charge in [0.25, 0.3) is 5.91 Å². The predicted octanol–water partition coefficient (Wildman–Crippen LogP) is 7.87. The number of hydrogen-bond donors (Lipinski definition) is 0. The third kappa shape index (κ3) is 8.93. The minimum atomic E-state index is -5.01. The fourth-order valence-corrected chi connectivity index (χ4v) is 5.94. The van der Waals surface area contributed by atoms with E-state index in [-0.39, 0.29) is 23.5 Å². The first kappa shape index (κ1) is 33.7. The molecular formula is C31H35F6N3O3S. The maximum atomic E-state index is 13.5. The normalized spacial score (nSPS) is 17.4. The van der Waals surface area contributed by atoms with Crippen molar-refractivity contribution in [3.05, 3.63) is 63.6 Å². The van der Waals surface area contributed by atoms with Gasteiger partial charge in [-0.1, -0.05) is 44.7 Å². The van der Waals surface area contributed by atoms with Crippen LogP contribution >= 0.6 is 11.8 Å². The summed E-state index contributed by atoms with van der Waals surface area (Å²) in [5.74, 6) is -0.0832. The monoisotopic (exact) mass is 643 g/mol. The number of thioether (sulfide) groups is 1. The van der Waals surface area contributed by atoms with E-state index < -0.39 is 35.6 Å². The van der Waals surface area contributed by atoms with Gasteiger partial charge in [-0.15, -0.1) is 0 Å². The van der Waals surface area contributed by atoms with Crippen molar-refractivity contribution >= 4 is 28.9 Å². The number of alkyl halides is 6. The molecule has 0 aromatic heterocycles. The zero-order valence-electron chi connectivity index (χ0n) is 24.6. The summed E-state index contributed by atoms with van der Waals surface area (Å²) >= 11 is 1.29. The SMILES string of the molecule is CCCCCCCN1CCN(C2=NC(=O)C(=Cc3ccc(OCc4ccc(C(F)(F)F)cc4C(F)(F)F)c(OC)c3)S2)CC1. The number of unbranched alkanes of at least 4 members (excludes halogenated alkanes) is 4. The molecule has 2 aliphatic heterocycles. The first-order valence-electron chi connectivity index (χ1n) is 14.5. The van der Waals surface area contributed by atoms with E-state index in [2.05, 4.69) is 21.7 Å². The van der Waals surface area contributed by atoms with Gasteiger partial charge in [0.15, 0.2) is 16.7 Å². The molecule has 0 atom stereocenters. The van der Waals surface area contributed by atoms with Gasteiger partial charge in [0.1, 0.15) is 6.61 Å². The number of amidine groups is 1. The summed E-state index contributed by atoms with van der Waals surface area (Å²) in [6, 6.07) is 6.05. The van der Waals surface area contributed by atoms with Gasteiger partial charge in [-0.2, -0.15) is 31.3 Å². The van der Waals surface area contributed by atoms with Gasteiger partial charge in [-0.25, -0.2) is 0 Å². The molecule has 1 fully saturated rings. The van der Waals surface area contributed by atoms with E-state index in [0.29, 0.717) is 21.7 Å². The average molecular weight is 644 g/mol. The van der Waals surface area contributed by atoms with Crippen molar-refractivity contribution in [1.29, 1.82) is 0 Å². The van der Waals surface area contributed by atoms with Gasteiger partial charge in [0, 0.05) is 31.7 Å². The number of methoxy groups -OCH3 is 1. The quantitative estimate of drug-likeness (QED) is 0.141. The summed E-state index contributed by atoms with van der Waals surface area (Å²) < 4.78 is 90.4. The largest absolute Gasteiger partial charge is 0.493 e. The molecule has 2 heterocycles. The van der Waals surface area contributed by atoms with E-state index in [1.54, 1.807) is 18.2 Å². The Kier molecular flexibility index (Phi) is 11.3. The number of piperazine rings is 1. The zero-order chi connectivity index (χ0) is 31.9. The van der Waals surface area contributed by atoms with Crippen molar-refractivity contribution in [1.82, 2.24) is 9.80 Å². The summed E-state index contributed by atoms with van der Waals surface area (Å²) in [5, 5.41) is 0.660. The van der Waals surface area contributed by atoms with Crippen LogP contribution in [0.1, 0.15) is 61.3 Å². The molecule has 0 spiro atoms. The Bertz CT molecular complexity index is 1370. The molecule has 2 aromatic carbocycles. The lowest BCUT2D eigenvalue weighted by Gasteiger charge is -2.35. The summed E-state index contributed by atoms with van der Waals surface area (Å²) in [4.78, 5) is 21.9. The smallest absolute Gasteiger partial charge is 0.416 e. The molecule has 0 aliphatic carbocycles. The van der Waals surface area contributed by atoms with E-state index in [9.17, 15) is 31.1 Å². The Morgan fingerprint density at radius 1 is 0.909 bits per heavy atom. The van der Waals surface area contributed by atoms with Crippen LogP contribution in [0.3, 0.4) is 0 Å². The van der Waals surface area contributed by atoms with Gasteiger partial charge in [0.2, 0.25) is 0 Å². The molecule has 0 bridgehead atoms. The van der Waals surface area contributed by atoms with Crippen LogP contribution in [0, 0.1) is 0 Å². The second-order valence-electron chi connectivity index (χ2n) is 10.6. The Morgan fingerprint density at radius 3 is 2.30 bits per heavy atom. The summed E-state index contributed by atoms with van der Waals surface area (Å²) in [5.41, 5.74) is -2.70. The molecule has 240 valence electrons. The molecule has 1 saturated heterocycles. The number of hydrogen-bond acceptors (Lipinski definition) is 6. The van der Waals surface area contributed by atoms with Crippen LogP contribution in [-0.2, 0) is 23.8 Å². The van der Waals surface area contributed by atoms with Gasteiger partial charge >= 0.3 is 12.4 Å². The Hall–Kier alpha value is -3.19. The highest BCUT2D eigenvalue weighted by atomic mass is 32.2. The summed E-state index contributed by atoms with van der Waals surface area (Å²) in [6.45, 7) is 6.05. The molecule has 13 heteroatoms. The van der Waals surface area contributed by atoms with Crippen LogP contribution < -0.4 is 9.47 Å². The Morgan fingerprint density at radius 2 is 1.64 bits per heavy atom. The fourth-order valence-electron chi connectivity index (χ4n) is 4.98. The van der Waals surface area contributed by atoms with E-state index in [0.717, 1.165) is 38.8 Å². The molecule has 0 radical (unpaired) electrons. The topological polar surface area (TPSA) is 54.4 Å². The molecule has 6 nitrogen and oxygen atoms in total. The van der Waals surface area contributed by atoms with Crippen LogP contribution in [0.4, 0.5) is 26.3 Å². The molecule has 1 amide bonds. The third-order valence-electron chi connectivity index (χ3n) is 7.44. The Balaban J connectivity index is 1.37. The van der Waals surface area contributed by atoms with E-state index in [1.807, 2.05) is 0 Å². The molecule has 0 unspecified atom stereocenters. The fraction of sp³-hybridized carbons (Fsp3) is 0.484. The highest BCUT2D eigenvalue weighted by Crippen LogP contribution is 2.39. The lowest BCUT2D eigenvalue weighted by Crippen LogP contribution is -2.47. The minimum Gasteiger partial charge on any atom is -0.493 e. The van der Waals surface area contributed by atoms with Gasteiger partial charge in [-0.05, 0) is 60.6 Å². The van der Waals surface area contributed by atoms with Crippen molar-refractivity contribution in [2.24, 2.45) is 4.99 Å². The lowest BCUT2D eigenvalue weighted by molar-refractivity contribution is -0.143. The second-order valence-corrected chi connectivity index (χ2v) is 11.6. The number of aliphatic imine (C=N–C) groups is 1. The van der Waals surface area contributed by atoms with Gasteiger partial charge in [-0.3, -0.25) is 9.69 Å². The first-order chi connectivity index (χ1) is 20.9. The van der Waals surface area contributed by atoms with Crippen LogP contribution in [0.2, 0.25) is 0 Å². The number of rotatable bonds is 11. The maximum absolute atomic E-state index is 13.5. The highest BCUT2D eigenvalue weighted by molar-refractivity contribution is 8.18. The van der Waals surface area contributed by atoms with Crippen molar-refractivity contribution in [2.45, 2.75) is 58.0 Å². The first-order valence-corrected chi connectivity index (χ1v) is 15.3. The number of nitrogens with zero attached hydrogens (tertiary/aromatic N) is 3.